The smallest absolute Gasteiger partial charge is 0.352 e. The number of rotatable bonds is 10. The monoisotopic (exact) mass is 519 g/mol. The fraction of sp³-hybridized carbons (Fsp3) is 0.350. The number of nitrogens with zero attached hydrogens (tertiary/aromatic N) is 5. The van der Waals surface area contributed by atoms with Gasteiger partial charge in [0.1, 0.15) is 12.2 Å². The van der Waals surface area contributed by atoms with E-state index in [0.717, 1.165) is 32.5 Å². The van der Waals surface area contributed by atoms with Gasteiger partial charge >= 0.3 is 11.9 Å². The molecule has 2 aromatic rings. The number of tetrazole rings is 1. The number of thioether (sulfide) groups is 2. The molecule has 2 aliphatic heterocycles. The van der Waals surface area contributed by atoms with Crippen molar-refractivity contribution in [2.75, 3.05) is 11.5 Å². The van der Waals surface area contributed by atoms with E-state index in [4.69, 9.17) is 10.8 Å². The normalized spacial score (nSPS) is 19.2. The topological polar surface area (TPSA) is 194 Å². The van der Waals surface area contributed by atoms with Crippen molar-refractivity contribution in [1.82, 2.24) is 30.4 Å². The van der Waals surface area contributed by atoms with Gasteiger partial charge in [0.05, 0.1) is 12.8 Å². The summed E-state index contributed by atoms with van der Waals surface area (Å²) in [5.74, 6) is -2.85. The van der Waals surface area contributed by atoms with Crippen LogP contribution >= 0.6 is 23.5 Å². The Hall–Kier alpha value is -3.43. The molecule has 1 aromatic carbocycles. The minimum Gasteiger partial charge on any atom is -0.480 e. The predicted molar refractivity (Wildman–Crippen MR) is 124 cm³/mol. The van der Waals surface area contributed by atoms with Gasteiger partial charge in [-0.15, -0.1) is 16.9 Å². The van der Waals surface area contributed by atoms with Gasteiger partial charge in [-0.1, -0.05) is 36.0 Å². The molecule has 13 nitrogen and oxygen atoms in total. The van der Waals surface area contributed by atoms with Crippen molar-refractivity contribution in [2.45, 2.75) is 36.1 Å². The highest BCUT2D eigenvalue weighted by molar-refractivity contribution is 8.01. The van der Waals surface area contributed by atoms with Gasteiger partial charge in [0.25, 0.3) is 0 Å². The van der Waals surface area contributed by atoms with Gasteiger partial charge < -0.3 is 21.3 Å². The highest BCUT2D eigenvalue weighted by atomic mass is 32.2. The van der Waals surface area contributed by atoms with Crippen molar-refractivity contribution in [3.8, 4) is 0 Å². The number of carboxylic acid groups (broad SMARTS) is 2. The Balaban J connectivity index is 1.52. The van der Waals surface area contributed by atoms with E-state index in [-0.39, 0.29) is 47.7 Å². The van der Waals surface area contributed by atoms with E-state index in [2.05, 4.69) is 20.8 Å². The molecule has 4 rings (SSSR count). The predicted octanol–water partition coefficient (Wildman–Crippen LogP) is -0.361. The van der Waals surface area contributed by atoms with Crippen LogP contribution in [-0.4, -0.2) is 75.6 Å². The average molecular weight is 520 g/mol. The summed E-state index contributed by atoms with van der Waals surface area (Å²) in [7, 11) is 0. The van der Waals surface area contributed by atoms with Crippen molar-refractivity contribution in [3.05, 3.63) is 46.7 Å². The van der Waals surface area contributed by atoms with Crippen LogP contribution in [0, 0.1) is 0 Å². The van der Waals surface area contributed by atoms with Crippen molar-refractivity contribution < 1.29 is 29.4 Å². The second-order valence-electron chi connectivity index (χ2n) is 7.74. The molecule has 5 N–H and O–H groups in total. The minimum absolute atomic E-state index is 0.0317. The van der Waals surface area contributed by atoms with Crippen LogP contribution in [0.1, 0.15) is 17.5 Å². The van der Waals surface area contributed by atoms with Crippen LogP contribution in [0.25, 0.3) is 0 Å². The first-order chi connectivity index (χ1) is 16.7. The maximum absolute atomic E-state index is 12.9. The van der Waals surface area contributed by atoms with E-state index in [1.165, 1.54) is 11.8 Å². The standard InChI is InChI=1S/C20H21N7O6S2/c21-7-12-4-2-1-3-11(12)5-14(28)22-20-6-15(29)27(20)17(18(32)33)13(10-35-20)9-34-19-23-24-25-26(19)8-16(30)31/h1-4H,5-10,21H2,(H,22,28)(H,30,31)(H,32,33). The molecule has 2 amide bonds. The maximum Gasteiger partial charge on any atom is 0.352 e. The molecule has 0 radical (unpaired) electrons. The highest BCUT2D eigenvalue weighted by Crippen LogP contribution is 2.48. The van der Waals surface area contributed by atoms with E-state index in [9.17, 15) is 24.3 Å². The summed E-state index contributed by atoms with van der Waals surface area (Å²) in [6.45, 7) is -0.168. The third-order valence-corrected chi connectivity index (χ3v) is 7.87. The highest BCUT2D eigenvalue weighted by Gasteiger charge is 2.58. The number of β-lactam (4-membered cyclic amide) rings is 1. The number of carbonyl (C=O) groups excluding carboxylic acids is 2. The van der Waals surface area contributed by atoms with Gasteiger partial charge in [-0.05, 0) is 27.1 Å². The number of benzene rings is 1. The molecule has 0 aliphatic carbocycles. The van der Waals surface area contributed by atoms with Crippen molar-refractivity contribution in [3.63, 3.8) is 0 Å². The van der Waals surface area contributed by atoms with Crippen LogP contribution in [0.5, 0.6) is 0 Å². The van der Waals surface area contributed by atoms with E-state index in [0.29, 0.717) is 5.57 Å². The molecule has 184 valence electrons. The summed E-state index contributed by atoms with van der Waals surface area (Å²) < 4.78 is 1.09. The largest absolute Gasteiger partial charge is 0.480 e. The lowest BCUT2D eigenvalue weighted by Crippen LogP contribution is -2.71. The molecule has 2 aliphatic rings. The molecule has 0 saturated carbocycles. The SMILES string of the molecule is NCc1ccccc1CC(=O)NC12CC(=O)N1C(C(=O)O)=C(CSc1nnnn1CC(=O)O)CS2. The van der Waals surface area contributed by atoms with Crippen molar-refractivity contribution in [1.29, 1.82) is 0 Å². The third-order valence-electron chi connectivity index (χ3n) is 5.43. The van der Waals surface area contributed by atoms with Gasteiger partial charge in [0.2, 0.25) is 17.0 Å². The van der Waals surface area contributed by atoms with E-state index < -0.39 is 29.4 Å². The summed E-state index contributed by atoms with van der Waals surface area (Å²) >= 11 is 2.32. The van der Waals surface area contributed by atoms with Crippen LogP contribution in [-0.2, 0) is 38.7 Å². The Bertz CT molecular complexity index is 1230. The van der Waals surface area contributed by atoms with Crippen LogP contribution in [0.4, 0.5) is 0 Å². The molecule has 0 bridgehead atoms. The lowest BCUT2D eigenvalue weighted by Gasteiger charge is -2.54. The Morgan fingerprint density at radius 1 is 1.23 bits per heavy atom. The van der Waals surface area contributed by atoms with Crippen LogP contribution in [0.3, 0.4) is 0 Å². The maximum atomic E-state index is 12.9. The summed E-state index contributed by atoms with van der Waals surface area (Å²) in [4.78, 5) is 48.4. The number of carbonyl (C=O) groups is 4. The lowest BCUT2D eigenvalue weighted by molar-refractivity contribution is -0.154. The Morgan fingerprint density at radius 2 is 1.97 bits per heavy atom. The number of fused-ring (bicyclic) bond motifs is 1. The van der Waals surface area contributed by atoms with Crippen LogP contribution < -0.4 is 11.1 Å². The van der Waals surface area contributed by atoms with Crippen molar-refractivity contribution >= 4 is 47.3 Å². The summed E-state index contributed by atoms with van der Waals surface area (Å²) in [6.07, 6.45) is 0.00871. The van der Waals surface area contributed by atoms with Gasteiger partial charge in [-0.3, -0.25) is 19.3 Å². The number of nitrogens with two attached hydrogens (primary N) is 1. The van der Waals surface area contributed by atoms with Crippen molar-refractivity contribution in [2.24, 2.45) is 5.73 Å². The molecule has 35 heavy (non-hydrogen) atoms. The number of hydrogen-bond donors (Lipinski definition) is 4. The number of nitrogens with one attached hydrogen (secondary N) is 1. The molecule has 3 heterocycles. The molecular weight excluding hydrogens is 498 g/mol. The molecule has 0 spiro atoms. The number of amides is 2. The van der Waals surface area contributed by atoms with Crippen LogP contribution in [0.15, 0.2) is 40.7 Å². The zero-order valence-electron chi connectivity index (χ0n) is 18.2. The van der Waals surface area contributed by atoms with E-state index in [1.807, 2.05) is 12.1 Å². The Kier molecular flexibility index (Phi) is 7.09. The first kappa shape index (κ1) is 24.7. The number of hydrogen-bond acceptors (Lipinski definition) is 10. The summed E-state index contributed by atoms with van der Waals surface area (Å²) in [6, 6.07) is 7.26. The average Bonchev–Trinajstić information content (AvgIpc) is 3.23. The molecule has 1 atom stereocenters. The Labute approximate surface area is 207 Å². The second kappa shape index (κ2) is 10.1. The summed E-state index contributed by atoms with van der Waals surface area (Å²) in [5.41, 5.74) is 7.56. The number of carboxylic acids is 2. The lowest BCUT2D eigenvalue weighted by atomic mass is 10.0. The van der Waals surface area contributed by atoms with Gasteiger partial charge in [0, 0.05) is 18.1 Å². The zero-order valence-corrected chi connectivity index (χ0v) is 19.8. The quantitative estimate of drug-likeness (QED) is 0.235. The summed E-state index contributed by atoms with van der Waals surface area (Å²) in [5, 5.41) is 32.8. The van der Waals surface area contributed by atoms with Crippen LogP contribution in [0.2, 0.25) is 0 Å². The molecule has 1 unspecified atom stereocenters. The van der Waals surface area contributed by atoms with Gasteiger partial charge in [0.15, 0.2) is 4.99 Å². The van der Waals surface area contributed by atoms with Gasteiger partial charge in [-0.25, -0.2) is 9.48 Å². The first-order valence-electron chi connectivity index (χ1n) is 10.3. The molecule has 1 fully saturated rings. The fourth-order valence-electron chi connectivity index (χ4n) is 3.86. The van der Waals surface area contributed by atoms with Gasteiger partial charge in [-0.2, -0.15) is 0 Å². The molecule has 15 heteroatoms. The van der Waals surface area contributed by atoms with E-state index >= 15 is 0 Å². The third kappa shape index (κ3) is 5.01. The first-order valence-corrected chi connectivity index (χ1v) is 12.3. The number of aliphatic carboxylic acids is 2. The molecule has 1 saturated heterocycles. The second-order valence-corrected chi connectivity index (χ2v) is 9.93. The molecule has 1 aromatic heterocycles. The molecular formula is C20H21N7O6S2. The number of aromatic nitrogens is 4. The zero-order chi connectivity index (χ0) is 25.2. The fourth-order valence-corrected chi connectivity index (χ4v) is 6.26. The minimum atomic E-state index is -1.30. The van der Waals surface area contributed by atoms with E-state index in [1.54, 1.807) is 12.1 Å². The Morgan fingerprint density at radius 3 is 2.63 bits per heavy atom.